The second-order valence-electron chi connectivity index (χ2n) is 6.34. The normalized spacial score (nSPS) is 15.3. The number of carbonyl (C=O) groups excluding carboxylic acids is 1. The number of benzene rings is 1. The minimum absolute atomic E-state index is 0.0203. The number of hydrogen-bond donors (Lipinski definition) is 0. The molecule has 1 aromatic heterocycles. The first-order chi connectivity index (χ1) is 13.7. The van der Waals surface area contributed by atoms with Crippen molar-refractivity contribution in [2.45, 2.75) is 11.1 Å². The fourth-order valence-electron chi connectivity index (χ4n) is 2.90. The van der Waals surface area contributed by atoms with Crippen LogP contribution in [0.25, 0.3) is 0 Å². The summed E-state index contributed by atoms with van der Waals surface area (Å²) < 4.78 is 32.5. The van der Waals surface area contributed by atoms with Gasteiger partial charge in [0.05, 0.1) is 9.26 Å². The summed E-state index contributed by atoms with van der Waals surface area (Å²) in [5, 5.41) is 10.8. The predicted octanol–water partition coefficient (Wildman–Crippen LogP) is 2.53. The Labute approximate surface area is 176 Å². The van der Waals surface area contributed by atoms with E-state index in [1.165, 1.54) is 39.5 Å². The van der Waals surface area contributed by atoms with Crippen molar-refractivity contribution in [3.8, 4) is 5.75 Å². The number of ether oxygens (including phenoxy) is 1. The second kappa shape index (κ2) is 8.66. The average molecular weight is 460 g/mol. The molecule has 1 amide bonds. The fourth-order valence-corrected chi connectivity index (χ4v) is 5.96. The SMILES string of the molecule is Cc1cc(OCC(=O)N2CCN(S(=O)(=O)c3ccc(Cl)s3)CC2)ccc1[N+](=O)[O-]. The molecule has 0 spiro atoms. The highest BCUT2D eigenvalue weighted by molar-refractivity contribution is 7.91. The molecular weight excluding hydrogens is 442 g/mol. The summed E-state index contributed by atoms with van der Waals surface area (Å²) in [6, 6.07) is 7.28. The predicted molar refractivity (Wildman–Crippen MR) is 108 cm³/mol. The van der Waals surface area contributed by atoms with E-state index in [1.807, 2.05) is 0 Å². The van der Waals surface area contributed by atoms with Crippen LogP contribution in [0.15, 0.2) is 34.5 Å². The number of piperazine rings is 1. The standard InChI is InChI=1S/C17H18ClN3O6S2/c1-12-10-13(2-3-14(12)21(23)24)27-11-16(22)19-6-8-20(9-7-19)29(25,26)17-5-4-15(18)28-17/h2-5,10H,6-9,11H2,1H3. The molecule has 1 fully saturated rings. The molecule has 1 aromatic carbocycles. The van der Waals surface area contributed by atoms with Gasteiger partial charge in [0.2, 0.25) is 0 Å². The van der Waals surface area contributed by atoms with Crippen molar-refractivity contribution < 1.29 is 22.9 Å². The van der Waals surface area contributed by atoms with Crippen LogP contribution in [0.3, 0.4) is 0 Å². The zero-order chi connectivity index (χ0) is 21.2. The van der Waals surface area contributed by atoms with E-state index in [-0.39, 0.29) is 48.6 Å². The van der Waals surface area contributed by atoms with Crippen LogP contribution in [0.4, 0.5) is 5.69 Å². The van der Waals surface area contributed by atoms with Gasteiger partial charge in [-0.25, -0.2) is 8.42 Å². The molecule has 0 atom stereocenters. The third kappa shape index (κ3) is 4.86. The van der Waals surface area contributed by atoms with Gasteiger partial charge in [0.25, 0.3) is 21.6 Å². The summed E-state index contributed by atoms with van der Waals surface area (Å²) in [5.41, 5.74) is 0.417. The van der Waals surface area contributed by atoms with Crippen LogP contribution >= 0.6 is 22.9 Å². The van der Waals surface area contributed by atoms with Crippen molar-refractivity contribution in [1.82, 2.24) is 9.21 Å². The molecule has 0 N–H and O–H groups in total. The Balaban J connectivity index is 1.54. The molecule has 29 heavy (non-hydrogen) atoms. The van der Waals surface area contributed by atoms with Crippen LogP contribution < -0.4 is 4.74 Å². The number of hydrogen-bond acceptors (Lipinski definition) is 7. The number of amides is 1. The van der Waals surface area contributed by atoms with Crippen molar-refractivity contribution >= 4 is 44.6 Å². The van der Waals surface area contributed by atoms with Gasteiger partial charge in [-0.2, -0.15) is 4.31 Å². The van der Waals surface area contributed by atoms with E-state index in [9.17, 15) is 23.3 Å². The van der Waals surface area contributed by atoms with Crippen molar-refractivity contribution in [2.75, 3.05) is 32.8 Å². The molecule has 0 bridgehead atoms. The first kappa shape index (κ1) is 21.5. The lowest BCUT2D eigenvalue weighted by Crippen LogP contribution is -2.51. The first-order valence-electron chi connectivity index (χ1n) is 8.59. The molecule has 0 radical (unpaired) electrons. The smallest absolute Gasteiger partial charge is 0.272 e. The number of rotatable bonds is 6. The molecule has 2 aromatic rings. The molecule has 0 aliphatic carbocycles. The van der Waals surface area contributed by atoms with Gasteiger partial charge in [0.1, 0.15) is 9.96 Å². The molecule has 0 unspecified atom stereocenters. The van der Waals surface area contributed by atoms with Gasteiger partial charge < -0.3 is 9.64 Å². The highest BCUT2D eigenvalue weighted by Crippen LogP contribution is 2.28. The lowest BCUT2D eigenvalue weighted by Gasteiger charge is -2.33. The highest BCUT2D eigenvalue weighted by atomic mass is 35.5. The summed E-state index contributed by atoms with van der Waals surface area (Å²) in [6.45, 7) is 2.22. The zero-order valence-electron chi connectivity index (χ0n) is 15.4. The van der Waals surface area contributed by atoms with Gasteiger partial charge in [0.15, 0.2) is 6.61 Å². The molecule has 1 aliphatic heterocycles. The van der Waals surface area contributed by atoms with Gasteiger partial charge in [-0.15, -0.1) is 11.3 Å². The summed E-state index contributed by atoms with van der Waals surface area (Å²) in [4.78, 5) is 24.3. The summed E-state index contributed by atoms with van der Waals surface area (Å²) in [7, 11) is -3.62. The quantitative estimate of drug-likeness (QED) is 0.485. The Morgan fingerprint density at radius 1 is 1.24 bits per heavy atom. The Hall–Kier alpha value is -2.21. The molecule has 2 heterocycles. The number of thiophene rings is 1. The van der Waals surface area contributed by atoms with Crippen LogP contribution in [0.5, 0.6) is 5.75 Å². The molecular formula is C17H18ClN3O6S2. The fraction of sp³-hybridized carbons (Fsp3) is 0.353. The number of aryl methyl sites for hydroxylation is 1. The number of nitro benzene ring substituents is 1. The van der Waals surface area contributed by atoms with E-state index in [1.54, 1.807) is 6.92 Å². The molecule has 1 aliphatic rings. The summed E-state index contributed by atoms with van der Waals surface area (Å²) >= 11 is 6.82. The number of sulfonamides is 1. The molecule has 1 saturated heterocycles. The summed E-state index contributed by atoms with van der Waals surface area (Å²) in [5.74, 6) is 0.0782. The maximum Gasteiger partial charge on any atom is 0.272 e. The van der Waals surface area contributed by atoms with Gasteiger partial charge in [-0.05, 0) is 31.2 Å². The van der Waals surface area contributed by atoms with Crippen LogP contribution in [-0.4, -0.2) is 61.2 Å². The van der Waals surface area contributed by atoms with Gasteiger partial charge >= 0.3 is 0 Å². The Morgan fingerprint density at radius 3 is 2.48 bits per heavy atom. The van der Waals surface area contributed by atoms with E-state index in [0.29, 0.717) is 15.6 Å². The number of carbonyl (C=O) groups is 1. The highest BCUT2D eigenvalue weighted by Gasteiger charge is 2.31. The monoisotopic (exact) mass is 459 g/mol. The van der Waals surface area contributed by atoms with Crippen molar-refractivity contribution in [3.63, 3.8) is 0 Å². The maximum absolute atomic E-state index is 12.6. The number of nitro groups is 1. The number of nitrogens with zero attached hydrogens (tertiary/aromatic N) is 3. The van der Waals surface area contributed by atoms with E-state index >= 15 is 0 Å². The minimum atomic E-state index is -3.62. The van der Waals surface area contributed by atoms with Gasteiger partial charge in [-0.3, -0.25) is 14.9 Å². The lowest BCUT2D eigenvalue weighted by atomic mass is 10.2. The molecule has 3 rings (SSSR count). The van der Waals surface area contributed by atoms with Crippen molar-refractivity contribution in [3.05, 3.63) is 50.3 Å². The summed E-state index contributed by atoms with van der Waals surface area (Å²) in [6.07, 6.45) is 0. The average Bonchev–Trinajstić information content (AvgIpc) is 3.13. The van der Waals surface area contributed by atoms with E-state index in [0.717, 1.165) is 11.3 Å². The van der Waals surface area contributed by atoms with Crippen LogP contribution in [0, 0.1) is 17.0 Å². The Bertz CT molecular complexity index is 1030. The topological polar surface area (TPSA) is 110 Å². The van der Waals surface area contributed by atoms with Crippen LogP contribution in [0.2, 0.25) is 4.34 Å². The van der Waals surface area contributed by atoms with Gasteiger partial charge in [0, 0.05) is 37.8 Å². The Kier molecular flexibility index (Phi) is 6.42. The van der Waals surface area contributed by atoms with Crippen molar-refractivity contribution in [2.24, 2.45) is 0 Å². The van der Waals surface area contributed by atoms with Crippen molar-refractivity contribution in [1.29, 1.82) is 0 Å². The third-order valence-electron chi connectivity index (χ3n) is 4.46. The van der Waals surface area contributed by atoms with E-state index in [2.05, 4.69) is 0 Å². The lowest BCUT2D eigenvalue weighted by molar-refractivity contribution is -0.385. The first-order valence-corrected chi connectivity index (χ1v) is 11.2. The van der Waals surface area contributed by atoms with E-state index < -0.39 is 14.9 Å². The van der Waals surface area contributed by atoms with E-state index in [4.69, 9.17) is 16.3 Å². The maximum atomic E-state index is 12.6. The molecule has 0 saturated carbocycles. The van der Waals surface area contributed by atoms with Gasteiger partial charge in [-0.1, -0.05) is 11.6 Å². The minimum Gasteiger partial charge on any atom is -0.484 e. The van der Waals surface area contributed by atoms with Crippen LogP contribution in [0.1, 0.15) is 5.56 Å². The molecule has 12 heteroatoms. The second-order valence-corrected chi connectivity index (χ2v) is 10.2. The van der Waals surface area contributed by atoms with Crippen LogP contribution in [-0.2, 0) is 14.8 Å². The number of halogens is 1. The largest absolute Gasteiger partial charge is 0.484 e. The zero-order valence-corrected chi connectivity index (χ0v) is 17.8. The molecule has 9 nitrogen and oxygen atoms in total. The Morgan fingerprint density at radius 2 is 1.93 bits per heavy atom. The molecule has 156 valence electrons. The third-order valence-corrected chi connectivity index (χ3v) is 8.06.